The van der Waals surface area contributed by atoms with Gasteiger partial charge in [0.05, 0.1) is 0 Å². The van der Waals surface area contributed by atoms with E-state index in [2.05, 4.69) is 0 Å². The first kappa shape index (κ1) is 15.6. The second-order valence-electron chi connectivity index (χ2n) is 0.448. The van der Waals surface area contributed by atoms with Gasteiger partial charge in [0.25, 0.3) is 0 Å². The van der Waals surface area contributed by atoms with Crippen LogP contribution in [0.15, 0.2) is 0 Å². The molecule has 0 saturated heterocycles. The minimum atomic E-state index is -5.25. The van der Waals surface area contributed by atoms with Crippen LogP contribution < -0.4 is 0 Å². The number of hydrogen-bond acceptors (Lipinski definition) is 2. The van der Waals surface area contributed by atoms with Crippen LogP contribution in [0.2, 0.25) is 0 Å². The molecule has 4 N–H and O–H groups in total. The fourth-order valence-electron chi connectivity index (χ4n) is 0. The molecule has 0 aliphatic heterocycles. The van der Waals surface area contributed by atoms with Crippen molar-refractivity contribution < 1.29 is 41.0 Å². The van der Waals surface area contributed by atoms with Crippen LogP contribution in [0.4, 0.5) is 0 Å². The minimum absolute atomic E-state index is 0. The molecular weight excluding hydrogens is 224 g/mol. The number of rotatable bonds is 0. The molecule has 0 radical (unpaired) electrons. The van der Waals surface area contributed by atoms with Gasteiger partial charge in [-0.25, -0.2) is 0 Å². The van der Waals surface area contributed by atoms with Crippen molar-refractivity contribution in [2.75, 3.05) is 0 Å². The van der Waals surface area contributed by atoms with Crippen molar-refractivity contribution in [1.82, 2.24) is 0 Å². The zero-order valence-electron chi connectivity index (χ0n) is 3.33. The predicted molar refractivity (Wildman–Crippen MR) is 15.2 cm³/mol. The summed E-state index contributed by atoms with van der Waals surface area (Å²) >= 11 is -5.25. The Morgan fingerprint density at radius 3 is 1.14 bits per heavy atom. The van der Waals surface area contributed by atoms with E-state index in [1.807, 2.05) is 0 Å². The molecule has 0 rings (SSSR count). The SMILES string of the molecule is O.O=[Se](=O)(O)O.[Zn]. The van der Waals surface area contributed by atoms with E-state index in [0.717, 1.165) is 0 Å². The van der Waals surface area contributed by atoms with Crippen LogP contribution in [0.5, 0.6) is 0 Å². The third-order valence-electron chi connectivity index (χ3n) is 0. The Morgan fingerprint density at radius 1 is 1.14 bits per heavy atom. The maximum absolute atomic E-state index is 8.82. The van der Waals surface area contributed by atoms with Gasteiger partial charge in [-0.15, -0.1) is 0 Å². The molecule has 0 spiro atoms. The van der Waals surface area contributed by atoms with Crippen LogP contribution in [0.25, 0.3) is 0 Å². The van der Waals surface area contributed by atoms with Gasteiger partial charge in [-0.05, 0) is 0 Å². The van der Waals surface area contributed by atoms with E-state index < -0.39 is 13.4 Å². The molecular formula is H4O5SeZn. The summed E-state index contributed by atoms with van der Waals surface area (Å²) in [5.41, 5.74) is 0. The molecule has 0 aromatic carbocycles. The van der Waals surface area contributed by atoms with Crippen LogP contribution in [0.3, 0.4) is 0 Å². The second-order valence-corrected chi connectivity index (χ2v) is 2.33. The van der Waals surface area contributed by atoms with Gasteiger partial charge in [0.2, 0.25) is 0 Å². The fourth-order valence-corrected chi connectivity index (χ4v) is 0. The molecule has 42 valence electrons. The van der Waals surface area contributed by atoms with E-state index >= 15 is 0 Å². The zero-order valence-corrected chi connectivity index (χ0v) is 8.01. The molecule has 0 atom stereocenters. The summed E-state index contributed by atoms with van der Waals surface area (Å²) in [6.45, 7) is 0. The zero-order chi connectivity index (χ0) is 4.50. The Labute approximate surface area is 54.7 Å². The van der Waals surface area contributed by atoms with Crippen molar-refractivity contribution in [3.05, 3.63) is 0 Å². The quantitative estimate of drug-likeness (QED) is 0.445. The normalized spacial score (nSPS) is 8.29. The monoisotopic (exact) mass is 228 g/mol. The van der Waals surface area contributed by atoms with Crippen molar-refractivity contribution in [1.29, 1.82) is 0 Å². The van der Waals surface area contributed by atoms with Gasteiger partial charge < -0.3 is 5.48 Å². The topological polar surface area (TPSA) is 106 Å². The maximum atomic E-state index is 8.82. The summed E-state index contributed by atoms with van der Waals surface area (Å²) in [4.78, 5) is 0. The van der Waals surface area contributed by atoms with Crippen molar-refractivity contribution in [2.45, 2.75) is 0 Å². The first-order valence-corrected chi connectivity index (χ1v) is 3.63. The molecule has 0 aliphatic rings. The van der Waals surface area contributed by atoms with Crippen molar-refractivity contribution >= 4 is 13.4 Å². The molecule has 0 aromatic rings. The maximum Gasteiger partial charge on any atom is 0 e. The molecule has 0 aliphatic carbocycles. The van der Waals surface area contributed by atoms with Crippen molar-refractivity contribution in [2.24, 2.45) is 0 Å². The van der Waals surface area contributed by atoms with E-state index in [9.17, 15) is 0 Å². The Balaban J connectivity index is -0.0000000800. The van der Waals surface area contributed by atoms with Crippen molar-refractivity contribution in [3.63, 3.8) is 0 Å². The summed E-state index contributed by atoms with van der Waals surface area (Å²) in [5, 5.41) is 0. The average molecular weight is 228 g/mol. The summed E-state index contributed by atoms with van der Waals surface area (Å²) in [5.74, 6) is 0. The van der Waals surface area contributed by atoms with Gasteiger partial charge in [-0.2, -0.15) is 0 Å². The Bertz CT molecular complexity index is 91.2. The van der Waals surface area contributed by atoms with Gasteiger partial charge in [0.15, 0.2) is 0 Å². The van der Waals surface area contributed by atoms with Gasteiger partial charge in [-0.3, -0.25) is 0 Å². The Morgan fingerprint density at radius 2 is 1.14 bits per heavy atom. The Hall–Kier alpha value is 0.623. The number of hydrogen-bond donors (Lipinski definition) is 2. The van der Waals surface area contributed by atoms with Crippen molar-refractivity contribution in [3.8, 4) is 0 Å². The van der Waals surface area contributed by atoms with Gasteiger partial charge in [0, 0.05) is 19.5 Å². The largest absolute Gasteiger partial charge is 0 e. The standard InChI is InChI=1S/H2O4Se.H2O.Zn/c1-5(2,3)4;;/h(H2,1,2,3,4);1H2;. The smallest absolute Gasteiger partial charge is 0 e. The molecule has 5 nitrogen and oxygen atoms in total. The van der Waals surface area contributed by atoms with Crippen LogP contribution >= 0.6 is 0 Å². The molecule has 0 bridgehead atoms. The first-order valence-electron chi connectivity index (χ1n) is 0.698. The molecule has 0 unspecified atom stereocenters. The predicted octanol–water partition coefficient (Wildman–Crippen LogP) is -2.56. The second kappa shape index (κ2) is 4.77. The molecule has 0 saturated carbocycles. The molecule has 7 heteroatoms. The third-order valence-corrected chi connectivity index (χ3v) is 0. The van der Waals surface area contributed by atoms with Crippen LogP contribution in [-0.2, 0) is 27.1 Å². The van der Waals surface area contributed by atoms with E-state index in [1.165, 1.54) is 0 Å². The van der Waals surface area contributed by atoms with Gasteiger partial charge >= 0.3 is 29.4 Å². The third kappa shape index (κ3) is 365. The molecule has 0 amide bonds. The van der Waals surface area contributed by atoms with Crippen LogP contribution in [0.1, 0.15) is 0 Å². The molecule has 7 heavy (non-hydrogen) atoms. The molecule has 0 fully saturated rings. The first-order chi connectivity index (χ1) is 2.00. The van der Waals surface area contributed by atoms with E-state index in [1.54, 1.807) is 0 Å². The molecule has 0 heterocycles. The summed E-state index contributed by atoms with van der Waals surface area (Å²) in [7, 11) is 0. The minimum Gasteiger partial charge on any atom is 0 e. The molecule has 0 aromatic heterocycles. The Kier molecular flexibility index (Phi) is 10.7. The van der Waals surface area contributed by atoms with E-state index in [4.69, 9.17) is 16.0 Å². The van der Waals surface area contributed by atoms with E-state index in [-0.39, 0.29) is 25.0 Å². The van der Waals surface area contributed by atoms with Gasteiger partial charge in [-0.1, -0.05) is 0 Å². The summed E-state index contributed by atoms with van der Waals surface area (Å²) in [6, 6.07) is 0. The van der Waals surface area contributed by atoms with E-state index in [0.29, 0.717) is 0 Å². The summed E-state index contributed by atoms with van der Waals surface area (Å²) < 4.78 is 31.9. The van der Waals surface area contributed by atoms with Crippen LogP contribution in [-0.4, -0.2) is 27.2 Å². The fraction of sp³-hybridized carbons (Fsp3) is 0. The summed E-state index contributed by atoms with van der Waals surface area (Å²) in [6.07, 6.45) is 0. The average Bonchev–Trinajstić information content (AvgIpc) is 0.722. The van der Waals surface area contributed by atoms with Gasteiger partial charge in [0.1, 0.15) is 0 Å². The van der Waals surface area contributed by atoms with Crippen LogP contribution in [0, 0.1) is 0 Å².